The number of carbonyl (C=O) groups is 2. The Kier molecular flexibility index (Phi) is 9.22. The molecule has 0 aliphatic carbocycles. The number of nitrogens with zero attached hydrogens (tertiary/aromatic N) is 1. The Bertz CT molecular complexity index is 914. The monoisotopic (exact) mass is 484 g/mol. The van der Waals surface area contributed by atoms with E-state index in [0.717, 1.165) is 5.56 Å². The van der Waals surface area contributed by atoms with Crippen molar-refractivity contribution in [3.05, 3.63) is 69.5 Å². The number of hydrogen-bond donors (Lipinski definition) is 1. The van der Waals surface area contributed by atoms with Crippen molar-refractivity contribution < 1.29 is 14.0 Å². The molecule has 1 atom stereocenters. The number of hydrogen-bond acceptors (Lipinski definition) is 3. The second-order valence-electron chi connectivity index (χ2n) is 8.26. The molecule has 0 aromatic heterocycles. The van der Waals surface area contributed by atoms with Crippen LogP contribution in [0, 0.1) is 5.82 Å². The Morgan fingerprint density at radius 2 is 1.84 bits per heavy atom. The average molecular weight is 485 g/mol. The van der Waals surface area contributed by atoms with Crippen molar-refractivity contribution in [2.45, 2.75) is 51.6 Å². The van der Waals surface area contributed by atoms with Crippen LogP contribution in [0.1, 0.15) is 38.8 Å². The van der Waals surface area contributed by atoms with Crippen LogP contribution in [0.4, 0.5) is 4.39 Å². The molecule has 0 unspecified atom stereocenters. The van der Waals surface area contributed by atoms with Gasteiger partial charge in [-0.05, 0) is 57.5 Å². The van der Waals surface area contributed by atoms with E-state index in [1.165, 1.54) is 22.7 Å². The van der Waals surface area contributed by atoms with E-state index in [4.69, 9.17) is 23.2 Å². The molecule has 2 aromatic carbocycles. The Labute approximate surface area is 197 Å². The lowest BCUT2D eigenvalue weighted by Gasteiger charge is -2.31. The Morgan fingerprint density at radius 3 is 2.45 bits per heavy atom. The maximum absolute atomic E-state index is 14.0. The minimum Gasteiger partial charge on any atom is -0.350 e. The fourth-order valence-electron chi connectivity index (χ4n) is 2.88. The van der Waals surface area contributed by atoms with Crippen molar-refractivity contribution in [1.29, 1.82) is 0 Å². The Morgan fingerprint density at radius 1 is 1.16 bits per heavy atom. The van der Waals surface area contributed by atoms with E-state index in [1.54, 1.807) is 37.3 Å². The fraction of sp³-hybridized carbons (Fsp3) is 0.391. The lowest BCUT2D eigenvalue weighted by atomic mass is 10.1. The van der Waals surface area contributed by atoms with Crippen molar-refractivity contribution in [3.63, 3.8) is 0 Å². The summed E-state index contributed by atoms with van der Waals surface area (Å²) in [5.74, 6) is -0.538. The molecular weight excluding hydrogens is 458 g/mol. The molecule has 0 fully saturated rings. The summed E-state index contributed by atoms with van der Waals surface area (Å²) >= 11 is 13.4. The number of carbonyl (C=O) groups excluding carboxylic acids is 2. The van der Waals surface area contributed by atoms with E-state index < -0.39 is 17.4 Å². The fourth-order valence-corrected chi connectivity index (χ4v) is 4.34. The highest BCUT2D eigenvalue weighted by atomic mass is 35.5. The molecule has 0 saturated heterocycles. The zero-order chi connectivity index (χ0) is 23.2. The van der Waals surface area contributed by atoms with Crippen LogP contribution in [-0.2, 0) is 21.9 Å². The van der Waals surface area contributed by atoms with E-state index in [-0.39, 0.29) is 29.9 Å². The number of benzene rings is 2. The second kappa shape index (κ2) is 11.2. The van der Waals surface area contributed by atoms with Crippen LogP contribution in [0.15, 0.2) is 42.5 Å². The topological polar surface area (TPSA) is 49.4 Å². The molecule has 0 aliphatic heterocycles. The van der Waals surface area contributed by atoms with Crippen LogP contribution in [0.3, 0.4) is 0 Å². The van der Waals surface area contributed by atoms with Gasteiger partial charge in [-0.15, -0.1) is 11.8 Å². The van der Waals surface area contributed by atoms with Gasteiger partial charge in [-0.25, -0.2) is 4.39 Å². The maximum Gasteiger partial charge on any atom is 0.242 e. The zero-order valence-corrected chi connectivity index (χ0v) is 20.4. The maximum atomic E-state index is 14.0. The molecule has 2 aromatic rings. The Hall–Kier alpha value is -1.76. The molecule has 8 heteroatoms. The molecule has 0 spiro atoms. The molecule has 0 saturated carbocycles. The van der Waals surface area contributed by atoms with Crippen LogP contribution in [-0.4, -0.2) is 34.0 Å². The van der Waals surface area contributed by atoms with Gasteiger partial charge in [0.1, 0.15) is 11.9 Å². The number of amides is 2. The first-order chi connectivity index (χ1) is 14.5. The third kappa shape index (κ3) is 8.02. The molecule has 2 rings (SSSR count). The molecule has 0 radical (unpaired) electrons. The van der Waals surface area contributed by atoms with Gasteiger partial charge in [-0.1, -0.05) is 41.4 Å². The van der Waals surface area contributed by atoms with Crippen molar-refractivity contribution in [1.82, 2.24) is 10.2 Å². The molecule has 4 nitrogen and oxygen atoms in total. The van der Waals surface area contributed by atoms with Gasteiger partial charge >= 0.3 is 0 Å². The molecule has 0 heterocycles. The van der Waals surface area contributed by atoms with E-state index in [0.29, 0.717) is 15.6 Å². The van der Waals surface area contributed by atoms with E-state index in [1.807, 2.05) is 26.8 Å². The van der Waals surface area contributed by atoms with Gasteiger partial charge in [0.25, 0.3) is 0 Å². The van der Waals surface area contributed by atoms with Crippen molar-refractivity contribution in [2.24, 2.45) is 0 Å². The molecule has 31 heavy (non-hydrogen) atoms. The lowest BCUT2D eigenvalue weighted by Crippen LogP contribution is -2.52. The second-order valence-corrected chi connectivity index (χ2v) is 10.1. The van der Waals surface area contributed by atoms with Gasteiger partial charge in [0.05, 0.1) is 5.75 Å². The van der Waals surface area contributed by atoms with Crippen LogP contribution in [0.5, 0.6) is 0 Å². The number of nitrogens with one attached hydrogen (secondary N) is 1. The third-order valence-electron chi connectivity index (χ3n) is 4.44. The summed E-state index contributed by atoms with van der Waals surface area (Å²) in [5.41, 5.74) is 0.757. The first kappa shape index (κ1) is 25.5. The highest BCUT2D eigenvalue weighted by Crippen LogP contribution is 2.24. The summed E-state index contributed by atoms with van der Waals surface area (Å²) in [6, 6.07) is 11.0. The summed E-state index contributed by atoms with van der Waals surface area (Å²) in [7, 11) is 0. The predicted octanol–water partition coefficient (Wildman–Crippen LogP) is 5.70. The van der Waals surface area contributed by atoms with Gasteiger partial charge in [-0.2, -0.15) is 0 Å². The number of rotatable bonds is 8. The van der Waals surface area contributed by atoms with Crippen LogP contribution < -0.4 is 5.32 Å². The van der Waals surface area contributed by atoms with Crippen molar-refractivity contribution in [3.8, 4) is 0 Å². The van der Waals surface area contributed by atoms with E-state index in [2.05, 4.69) is 5.32 Å². The first-order valence-corrected chi connectivity index (χ1v) is 11.8. The van der Waals surface area contributed by atoms with Gasteiger partial charge < -0.3 is 10.2 Å². The summed E-state index contributed by atoms with van der Waals surface area (Å²) in [6.07, 6.45) is 0. The summed E-state index contributed by atoms with van der Waals surface area (Å²) < 4.78 is 14.0. The molecule has 0 bridgehead atoms. The molecule has 168 valence electrons. The van der Waals surface area contributed by atoms with Crippen LogP contribution in [0.25, 0.3) is 0 Å². The minimum absolute atomic E-state index is 0.0817. The van der Waals surface area contributed by atoms with Crippen LogP contribution >= 0.6 is 35.0 Å². The van der Waals surface area contributed by atoms with E-state index >= 15 is 0 Å². The molecular formula is C23H27Cl2FN2O2S. The van der Waals surface area contributed by atoms with Crippen molar-refractivity contribution in [2.75, 3.05) is 5.75 Å². The number of thioether (sulfide) groups is 1. The highest BCUT2D eigenvalue weighted by molar-refractivity contribution is 7.99. The molecule has 2 amide bonds. The minimum atomic E-state index is -0.691. The molecule has 1 N–H and O–H groups in total. The first-order valence-electron chi connectivity index (χ1n) is 9.84. The largest absolute Gasteiger partial charge is 0.350 e. The zero-order valence-electron chi connectivity index (χ0n) is 18.0. The lowest BCUT2D eigenvalue weighted by molar-refractivity contribution is -0.139. The standard InChI is InChI=1S/C23H27Cl2FN2O2S/c1-15(22(30)27-23(2,3)4)28(12-16-7-5-8-17(24)11-16)21(29)14-31-13-18-19(25)9-6-10-20(18)26/h5-11,15H,12-14H2,1-4H3,(H,27,30)/t15-/m0/s1. The smallest absolute Gasteiger partial charge is 0.242 e. The quantitative estimate of drug-likeness (QED) is 0.522. The van der Waals surface area contributed by atoms with Crippen LogP contribution in [0.2, 0.25) is 10.0 Å². The third-order valence-corrected chi connectivity index (χ3v) is 5.97. The summed E-state index contributed by atoms with van der Waals surface area (Å²) in [5, 5.41) is 3.80. The normalized spacial score (nSPS) is 12.4. The summed E-state index contributed by atoms with van der Waals surface area (Å²) in [6.45, 7) is 7.58. The molecule has 0 aliphatic rings. The predicted molar refractivity (Wildman–Crippen MR) is 127 cm³/mol. The van der Waals surface area contributed by atoms with E-state index in [9.17, 15) is 14.0 Å². The number of halogens is 3. The van der Waals surface area contributed by atoms with Crippen molar-refractivity contribution >= 4 is 46.8 Å². The Balaban J connectivity index is 2.14. The average Bonchev–Trinajstić information content (AvgIpc) is 2.66. The summed E-state index contributed by atoms with van der Waals surface area (Å²) in [4.78, 5) is 27.3. The highest BCUT2D eigenvalue weighted by Gasteiger charge is 2.28. The van der Waals surface area contributed by atoms with Gasteiger partial charge in [0.2, 0.25) is 11.8 Å². The van der Waals surface area contributed by atoms with Gasteiger partial charge in [0.15, 0.2) is 0 Å². The SMILES string of the molecule is C[C@@H](C(=O)NC(C)(C)C)N(Cc1cccc(Cl)c1)C(=O)CSCc1c(F)cccc1Cl. The van der Waals surface area contributed by atoms with Gasteiger partial charge in [0, 0.05) is 33.4 Å². The van der Waals surface area contributed by atoms with Gasteiger partial charge in [-0.3, -0.25) is 9.59 Å².